The molecule has 0 bridgehead atoms. The zero-order chi connectivity index (χ0) is 20.2. The van der Waals surface area contributed by atoms with Crippen LogP contribution in [-0.4, -0.2) is 36.2 Å². The molecule has 27 heavy (non-hydrogen) atoms. The minimum absolute atomic E-state index is 0.126. The van der Waals surface area contributed by atoms with E-state index in [1.165, 1.54) is 6.92 Å². The summed E-state index contributed by atoms with van der Waals surface area (Å²) in [7, 11) is 0. The van der Waals surface area contributed by atoms with Crippen molar-refractivity contribution in [3.05, 3.63) is 32.3 Å². The normalized spacial score (nSPS) is 11.6. The number of unbranched alkanes of at least 4 members (excludes halogenated alkanes) is 1. The van der Waals surface area contributed by atoms with E-state index in [-0.39, 0.29) is 43.5 Å². The number of nitrogens with zero attached hydrogens (tertiary/aromatic N) is 1. The molecule has 1 rings (SSSR count). The quantitative estimate of drug-likeness (QED) is 0.205. The number of hydrogen-bond acceptors (Lipinski definition) is 10. The number of carbonyl (C=O) groups excluding carboxylic acids is 2. The Hall–Kier alpha value is -2.89. The molecule has 0 fully saturated rings. The monoisotopic (exact) mass is 389 g/mol. The standard InChI is InChI=1S/C15H23N3O9/c1-10-12(27-15(21)26-10)9-24-14(20)11(16)5-2-3-7-17-13(19)6-4-8-25-18(22)23/h11H,2-9,16H2,1H3,(H,17,19). The van der Waals surface area contributed by atoms with Gasteiger partial charge < -0.3 is 29.5 Å². The van der Waals surface area contributed by atoms with Crippen molar-refractivity contribution in [2.24, 2.45) is 5.73 Å². The van der Waals surface area contributed by atoms with Crippen LogP contribution in [0.15, 0.2) is 13.6 Å². The fourth-order valence-corrected chi connectivity index (χ4v) is 2.05. The molecular weight excluding hydrogens is 366 g/mol. The van der Waals surface area contributed by atoms with E-state index in [2.05, 4.69) is 14.6 Å². The first kappa shape index (κ1) is 22.2. The van der Waals surface area contributed by atoms with E-state index >= 15 is 0 Å². The van der Waals surface area contributed by atoms with Crippen LogP contribution < -0.4 is 16.9 Å². The van der Waals surface area contributed by atoms with Crippen LogP contribution in [0.3, 0.4) is 0 Å². The van der Waals surface area contributed by atoms with Crippen molar-refractivity contribution >= 4 is 11.9 Å². The molecule has 152 valence electrons. The van der Waals surface area contributed by atoms with E-state index in [0.29, 0.717) is 25.8 Å². The molecule has 12 heteroatoms. The smallest absolute Gasteiger partial charge is 0.456 e. The molecule has 1 unspecified atom stereocenters. The molecule has 1 aromatic rings. The van der Waals surface area contributed by atoms with Gasteiger partial charge in [-0.25, -0.2) is 4.79 Å². The first-order valence-electron chi connectivity index (χ1n) is 8.35. The van der Waals surface area contributed by atoms with Crippen LogP contribution in [0.2, 0.25) is 0 Å². The summed E-state index contributed by atoms with van der Waals surface area (Å²) in [6.07, 6.45) is 1.93. The lowest BCUT2D eigenvalue weighted by Crippen LogP contribution is -2.32. The topological polar surface area (TPSA) is 177 Å². The fourth-order valence-electron chi connectivity index (χ4n) is 2.05. The van der Waals surface area contributed by atoms with Gasteiger partial charge in [0.25, 0.3) is 5.09 Å². The first-order valence-corrected chi connectivity index (χ1v) is 8.35. The van der Waals surface area contributed by atoms with Gasteiger partial charge in [-0.2, -0.15) is 0 Å². The number of nitrogens with one attached hydrogen (secondary N) is 1. The van der Waals surface area contributed by atoms with Crippen LogP contribution in [0.5, 0.6) is 0 Å². The van der Waals surface area contributed by atoms with Crippen molar-refractivity contribution in [2.45, 2.75) is 51.7 Å². The molecule has 0 saturated heterocycles. The van der Waals surface area contributed by atoms with E-state index in [9.17, 15) is 24.5 Å². The van der Waals surface area contributed by atoms with Gasteiger partial charge in [0.2, 0.25) is 5.91 Å². The van der Waals surface area contributed by atoms with Gasteiger partial charge in [0.15, 0.2) is 18.1 Å². The van der Waals surface area contributed by atoms with Crippen molar-refractivity contribution in [3.8, 4) is 0 Å². The Bertz CT molecular complexity index is 682. The molecule has 0 aliphatic carbocycles. The predicted octanol–water partition coefficient (Wildman–Crippen LogP) is 0.187. The Morgan fingerprint density at radius 2 is 2.04 bits per heavy atom. The summed E-state index contributed by atoms with van der Waals surface area (Å²) in [5.74, 6) is -1.36. The van der Waals surface area contributed by atoms with Gasteiger partial charge in [-0.05, 0) is 32.6 Å². The van der Waals surface area contributed by atoms with Crippen molar-refractivity contribution in [1.29, 1.82) is 0 Å². The van der Waals surface area contributed by atoms with Crippen molar-refractivity contribution in [1.82, 2.24) is 5.32 Å². The van der Waals surface area contributed by atoms with Crippen LogP contribution in [-0.2, 0) is 25.8 Å². The second-order valence-corrected chi connectivity index (χ2v) is 5.65. The zero-order valence-corrected chi connectivity index (χ0v) is 14.9. The van der Waals surface area contributed by atoms with Crippen LogP contribution in [0.1, 0.15) is 43.6 Å². The molecule has 0 aliphatic heterocycles. The van der Waals surface area contributed by atoms with Crippen LogP contribution in [0.4, 0.5) is 0 Å². The van der Waals surface area contributed by atoms with Gasteiger partial charge in [0.1, 0.15) is 6.04 Å². The molecule has 0 radical (unpaired) electrons. The summed E-state index contributed by atoms with van der Waals surface area (Å²) < 4.78 is 14.3. The third-order valence-corrected chi connectivity index (χ3v) is 3.49. The van der Waals surface area contributed by atoms with Gasteiger partial charge in [0.05, 0.1) is 6.61 Å². The number of aryl methyl sites for hydroxylation is 1. The van der Waals surface area contributed by atoms with Gasteiger partial charge in [0, 0.05) is 13.0 Å². The SMILES string of the molecule is Cc1oc(=O)oc1COC(=O)C(N)CCCCNC(=O)CCCO[N+](=O)[O-]. The summed E-state index contributed by atoms with van der Waals surface area (Å²) >= 11 is 0. The van der Waals surface area contributed by atoms with Crippen LogP contribution >= 0.6 is 0 Å². The van der Waals surface area contributed by atoms with Gasteiger partial charge in [-0.15, -0.1) is 10.1 Å². The van der Waals surface area contributed by atoms with Crippen molar-refractivity contribution in [3.63, 3.8) is 0 Å². The highest BCUT2D eigenvalue weighted by Gasteiger charge is 2.17. The number of esters is 1. The number of nitrogens with two attached hydrogens (primary N) is 1. The molecule has 3 N–H and O–H groups in total. The lowest BCUT2D eigenvalue weighted by Gasteiger charge is -2.11. The Morgan fingerprint density at radius 1 is 1.30 bits per heavy atom. The van der Waals surface area contributed by atoms with E-state index in [0.717, 1.165) is 0 Å². The minimum Gasteiger partial charge on any atom is -0.456 e. The first-order chi connectivity index (χ1) is 12.8. The molecule has 1 heterocycles. The van der Waals surface area contributed by atoms with Crippen molar-refractivity contribution in [2.75, 3.05) is 13.2 Å². The lowest BCUT2D eigenvalue weighted by molar-refractivity contribution is -0.757. The number of carbonyl (C=O) groups is 2. The van der Waals surface area contributed by atoms with Gasteiger partial charge in [-0.3, -0.25) is 9.59 Å². The molecule has 12 nitrogen and oxygen atoms in total. The number of ether oxygens (including phenoxy) is 1. The van der Waals surface area contributed by atoms with E-state index in [4.69, 9.17) is 14.9 Å². The zero-order valence-electron chi connectivity index (χ0n) is 14.9. The van der Waals surface area contributed by atoms with E-state index in [1.54, 1.807) is 0 Å². The summed E-state index contributed by atoms with van der Waals surface area (Å²) in [5.41, 5.74) is 5.73. The maximum Gasteiger partial charge on any atom is 0.519 e. The largest absolute Gasteiger partial charge is 0.519 e. The molecule has 0 aliphatic rings. The summed E-state index contributed by atoms with van der Waals surface area (Å²) in [6, 6.07) is -0.834. The summed E-state index contributed by atoms with van der Waals surface area (Å²) in [6.45, 7) is 1.55. The molecule has 1 aromatic heterocycles. The second kappa shape index (κ2) is 11.7. The maximum atomic E-state index is 11.8. The van der Waals surface area contributed by atoms with Crippen LogP contribution in [0.25, 0.3) is 0 Å². The minimum atomic E-state index is -0.904. The Kier molecular flexibility index (Phi) is 9.58. The molecule has 0 saturated carbocycles. The predicted molar refractivity (Wildman–Crippen MR) is 88.8 cm³/mol. The second-order valence-electron chi connectivity index (χ2n) is 5.65. The average Bonchev–Trinajstić information content (AvgIpc) is 2.93. The summed E-state index contributed by atoms with van der Waals surface area (Å²) in [5, 5.41) is 11.7. The molecule has 1 amide bonds. The summed E-state index contributed by atoms with van der Waals surface area (Å²) in [4.78, 5) is 48.2. The highest BCUT2D eigenvalue weighted by molar-refractivity contribution is 5.76. The maximum absolute atomic E-state index is 11.8. The van der Waals surface area contributed by atoms with E-state index in [1.807, 2.05) is 0 Å². The van der Waals surface area contributed by atoms with E-state index < -0.39 is 22.9 Å². The molecule has 0 spiro atoms. The Balaban J connectivity index is 2.08. The highest BCUT2D eigenvalue weighted by Crippen LogP contribution is 2.08. The Morgan fingerprint density at radius 3 is 2.67 bits per heavy atom. The third kappa shape index (κ3) is 9.39. The number of amides is 1. The van der Waals surface area contributed by atoms with Crippen LogP contribution in [0, 0.1) is 17.0 Å². The fraction of sp³-hybridized carbons (Fsp3) is 0.667. The molecule has 1 atom stereocenters. The van der Waals surface area contributed by atoms with Gasteiger partial charge in [-0.1, -0.05) is 0 Å². The Labute approximate surface area is 154 Å². The van der Waals surface area contributed by atoms with Crippen molar-refractivity contribution < 1.29 is 33.1 Å². The highest BCUT2D eigenvalue weighted by atomic mass is 16.9. The molecular formula is C15H23N3O9. The van der Waals surface area contributed by atoms with Gasteiger partial charge >= 0.3 is 11.8 Å². The lowest BCUT2D eigenvalue weighted by atomic mass is 10.1. The average molecular weight is 389 g/mol. The number of hydrogen-bond donors (Lipinski definition) is 2. The molecule has 0 aromatic carbocycles. The number of rotatable bonds is 13. The third-order valence-electron chi connectivity index (χ3n) is 3.49.